The van der Waals surface area contributed by atoms with Crippen molar-refractivity contribution in [3.63, 3.8) is 0 Å². The van der Waals surface area contributed by atoms with Crippen LogP contribution in [0.3, 0.4) is 0 Å². The summed E-state index contributed by atoms with van der Waals surface area (Å²) in [6.07, 6.45) is 5.63. The third-order valence-electron chi connectivity index (χ3n) is 4.36. The average Bonchev–Trinajstić information content (AvgIpc) is 2.89. The second kappa shape index (κ2) is 6.90. The van der Waals surface area contributed by atoms with Crippen LogP contribution in [0.4, 0.5) is 0 Å². The minimum absolute atomic E-state index is 0.104. The zero-order chi connectivity index (χ0) is 14.7. The molecule has 2 aliphatic rings. The lowest BCUT2D eigenvalue weighted by Gasteiger charge is -2.23. The highest BCUT2D eigenvalue weighted by molar-refractivity contribution is 5.22. The van der Waals surface area contributed by atoms with Crippen LogP contribution in [0.15, 0.2) is 6.20 Å². The van der Waals surface area contributed by atoms with E-state index in [0.29, 0.717) is 12.0 Å². The van der Waals surface area contributed by atoms with Crippen LogP contribution in [0.5, 0.6) is 0 Å². The molecule has 0 radical (unpaired) electrons. The standard InChI is InChI=1S/C16H27N3O2/c1-12(2)17-9-15-16-14(5-8-21-15)11-19(18-16)10-13-3-6-20-7-4-13/h11-13,15,17H,3-10H2,1-2H3/t15-/m1/s1. The summed E-state index contributed by atoms with van der Waals surface area (Å²) < 4.78 is 13.5. The van der Waals surface area contributed by atoms with E-state index < -0.39 is 0 Å². The van der Waals surface area contributed by atoms with Gasteiger partial charge in [0.15, 0.2) is 0 Å². The molecule has 0 aromatic carbocycles. The average molecular weight is 293 g/mol. The SMILES string of the molecule is CC(C)NC[C@H]1OCCc2cn(CC3CCOCC3)nc21. The quantitative estimate of drug-likeness (QED) is 0.901. The summed E-state index contributed by atoms with van der Waals surface area (Å²) in [6, 6.07) is 0.475. The molecule has 21 heavy (non-hydrogen) atoms. The van der Waals surface area contributed by atoms with Gasteiger partial charge >= 0.3 is 0 Å². The third kappa shape index (κ3) is 3.84. The summed E-state index contributed by atoms with van der Waals surface area (Å²) in [5.41, 5.74) is 2.50. The monoisotopic (exact) mass is 293 g/mol. The van der Waals surface area contributed by atoms with Crippen molar-refractivity contribution in [3.05, 3.63) is 17.5 Å². The molecule has 2 aliphatic heterocycles. The minimum atomic E-state index is 0.104. The predicted molar refractivity (Wildman–Crippen MR) is 81.3 cm³/mol. The van der Waals surface area contributed by atoms with Crippen molar-refractivity contribution >= 4 is 0 Å². The van der Waals surface area contributed by atoms with Gasteiger partial charge < -0.3 is 14.8 Å². The molecule has 0 amide bonds. The fraction of sp³-hybridized carbons (Fsp3) is 0.812. The minimum Gasteiger partial charge on any atom is -0.381 e. The number of hydrogen-bond donors (Lipinski definition) is 1. The maximum atomic E-state index is 5.90. The zero-order valence-electron chi connectivity index (χ0n) is 13.2. The lowest BCUT2D eigenvalue weighted by molar-refractivity contribution is 0.0378. The molecule has 0 aliphatic carbocycles. The molecule has 1 N–H and O–H groups in total. The van der Waals surface area contributed by atoms with Crippen molar-refractivity contribution < 1.29 is 9.47 Å². The maximum absolute atomic E-state index is 5.90. The van der Waals surface area contributed by atoms with Gasteiger partial charge in [-0.3, -0.25) is 4.68 Å². The molecule has 0 spiro atoms. The number of hydrogen-bond acceptors (Lipinski definition) is 4. The van der Waals surface area contributed by atoms with Crippen molar-refractivity contribution in [2.24, 2.45) is 5.92 Å². The molecule has 1 fully saturated rings. The molecule has 1 aromatic rings. The number of nitrogens with zero attached hydrogens (tertiary/aromatic N) is 2. The van der Waals surface area contributed by atoms with Gasteiger partial charge in [0.1, 0.15) is 6.10 Å². The summed E-state index contributed by atoms with van der Waals surface area (Å²) >= 11 is 0. The number of fused-ring (bicyclic) bond motifs is 1. The Kier molecular flexibility index (Phi) is 4.93. The van der Waals surface area contributed by atoms with Crippen molar-refractivity contribution in [1.82, 2.24) is 15.1 Å². The summed E-state index contributed by atoms with van der Waals surface area (Å²) in [5.74, 6) is 0.702. The van der Waals surface area contributed by atoms with Crippen LogP contribution < -0.4 is 5.32 Å². The molecule has 5 nitrogen and oxygen atoms in total. The van der Waals surface area contributed by atoms with Crippen molar-refractivity contribution in [2.75, 3.05) is 26.4 Å². The molecule has 0 unspecified atom stereocenters. The second-order valence-corrected chi connectivity index (χ2v) is 6.49. The van der Waals surface area contributed by atoms with E-state index in [-0.39, 0.29) is 6.10 Å². The summed E-state index contributed by atoms with van der Waals surface area (Å²) in [4.78, 5) is 0. The Morgan fingerprint density at radius 2 is 2.14 bits per heavy atom. The van der Waals surface area contributed by atoms with Crippen LogP contribution in [-0.2, 0) is 22.4 Å². The highest BCUT2D eigenvalue weighted by atomic mass is 16.5. The van der Waals surface area contributed by atoms with Gasteiger partial charge in [0.25, 0.3) is 0 Å². The Balaban J connectivity index is 1.65. The van der Waals surface area contributed by atoms with Gasteiger partial charge in [-0.2, -0.15) is 5.10 Å². The molecule has 5 heteroatoms. The summed E-state index contributed by atoms with van der Waals surface area (Å²) in [7, 11) is 0. The molecule has 0 bridgehead atoms. The smallest absolute Gasteiger partial charge is 0.114 e. The fourth-order valence-electron chi connectivity index (χ4n) is 3.12. The molecule has 118 valence electrons. The Labute approximate surface area is 127 Å². The third-order valence-corrected chi connectivity index (χ3v) is 4.36. The molecule has 1 atom stereocenters. The zero-order valence-corrected chi connectivity index (χ0v) is 13.2. The van der Waals surface area contributed by atoms with Gasteiger partial charge in [0.2, 0.25) is 0 Å². The first-order chi connectivity index (χ1) is 10.2. The van der Waals surface area contributed by atoms with E-state index in [2.05, 4.69) is 30.0 Å². The predicted octanol–water partition coefficient (Wildman–Crippen LogP) is 1.92. The van der Waals surface area contributed by atoms with E-state index in [1.807, 2.05) is 0 Å². The van der Waals surface area contributed by atoms with Crippen molar-refractivity contribution in [1.29, 1.82) is 0 Å². The Morgan fingerprint density at radius 1 is 1.33 bits per heavy atom. The molecule has 3 heterocycles. The highest BCUT2D eigenvalue weighted by Crippen LogP contribution is 2.26. The van der Waals surface area contributed by atoms with Gasteiger partial charge in [0, 0.05) is 38.5 Å². The number of aromatic nitrogens is 2. The van der Waals surface area contributed by atoms with Gasteiger partial charge in [0.05, 0.1) is 12.3 Å². The highest BCUT2D eigenvalue weighted by Gasteiger charge is 2.25. The maximum Gasteiger partial charge on any atom is 0.114 e. The van der Waals surface area contributed by atoms with Crippen LogP contribution in [0.25, 0.3) is 0 Å². The lowest BCUT2D eigenvalue weighted by atomic mass is 10.0. The van der Waals surface area contributed by atoms with Crippen LogP contribution >= 0.6 is 0 Å². The van der Waals surface area contributed by atoms with E-state index in [0.717, 1.165) is 57.9 Å². The van der Waals surface area contributed by atoms with E-state index in [9.17, 15) is 0 Å². The molecule has 3 rings (SSSR count). The Hall–Kier alpha value is -0.910. The summed E-state index contributed by atoms with van der Waals surface area (Å²) in [6.45, 7) is 8.78. The van der Waals surface area contributed by atoms with E-state index in [1.54, 1.807) is 0 Å². The Bertz CT molecular complexity index is 452. The number of ether oxygens (including phenoxy) is 2. The molecule has 1 aromatic heterocycles. The van der Waals surface area contributed by atoms with E-state index >= 15 is 0 Å². The normalized spacial score (nSPS) is 23.5. The lowest BCUT2D eigenvalue weighted by Crippen LogP contribution is -2.31. The first kappa shape index (κ1) is 15.0. The van der Waals surface area contributed by atoms with Gasteiger partial charge in [-0.05, 0) is 30.7 Å². The van der Waals surface area contributed by atoms with Crippen LogP contribution in [0.2, 0.25) is 0 Å². The van der Waals surface area contributed by atoms with Gasteiger partial charge in [-0.15, -0.1) is 0 Å². The van der Waals surface area contributed by atoms with Gasteiger partial charge in [-0.1, -0.05) is 13.8 Å². The molecular weight excluding hydrogens is 266 g/mol. The Morgan fingerprint density at radius 3 is 2.90 bits per heavy atom. The van der Waals surface area contributed by atoms with Gasteiger partial charge in [-0.25, -0.2) is 0 Å². The van der Waals surface area contributed by atoms with Crippen LogP contribution in [0.1, 0.15) is 44.1 Å². The van der Waals surface area contributed by atoms with Crippen molar-refractivity contribution in [3.8, 4) is 0 Å². The molecule has 0 saturated carbocycles. The van der Waals surface area contributed by atoms with E-state index in [1.165, 1.54) is 5.56 Å². The molecule has 1 saturated heterocycles. The topological polar surface area (TPSA) is 48.3 Å². The largest absolute Gasteiger partial charge is 0.381 e. The first-order valence-corrected chi connectivity index (χ1v) is 8.21. The van der Waals surface area contributed by atoms with Crippen LogP contribution in [0, 0.1) is 5.92 Å². The first-order valence-electron chi connectivity index (χ1n) is 8.21. The molecular formula is C16H27N3O2. The summed E-state index contributed by atoms with van der Waals surface area (Å²) in [5, 5.41) is 8.27. The van der Waals surface area contributed by atoms with Crippen LogP contribution in [-0.4, -0.2) is 42.2 Å². The second-order valence-electron chi connectivity index (χ2n) is 6.49. The van der Waals surface area contributed by atoms with E-state index in [4.69, 9.17) is 14.6 Å². The number of rotatable bonds is 5. The number of nitrogens with one attached hydrogen (secondary N) is 1. The van der Waals surface area contributed by atoms with Crippen molar-refractivity contribution in [2.45, 2.75) is 51.8 Å². The fourth-order valence-corrected chi connectivity index (χ4v) is 3.12.